The third-order valence-corrected chi connectivity index (χ3v) is 5.86. The number of ether oxygens (including phenoxy) is 1. The van der Waals surface area contributed by atoms with Gasteiger partial charge >= 0.3 is 0 Å². The summed E-state index contributed by atoms with van der Waals surface area (Å²) < 4.78 is 7.20. The highest BCUT2D eigenvalue weighted by Crippen LogP contribution is 2.33. The van der Waals surface area contributed by atoms with Crippen LogP contribution in [0.3, 0.4) is 0 Å². The topological polar surface area (TPSA) is 80.6 Å². The summed E-state index contributed by atoms with van der Waals surface area (Å²) in [6.45, 7) is 1.62. The predicted octanol–water partition coefficient (Wildman–Crippen LogP) is 4.47. The van der Waals surface area contributed by atoms with E-state index in [1.54, 1.807) is 37.5 Å². The summed E-state index contributed by atoms with van der Waals surface area (Å²) in [5.74, 6) is -0.171. The van der Waals surface area contributed by atoms with Gasteiger partial charge in [-0.25, -0.2) is 0 Å². The van der Waals surface area contributed by atoms with Gasteiger partial charge in [-0.05, 0) is 73.3 Å². The normalized spacial score (nSPS) is 14.8. The summed E-state index contributed by atoms with van der Waals surface area (Å²) in [4.78, 5) is 38.8. The minimum Gasteiger partial charge on any atom is -0.497 e. The van der Waals surface area contributed by atoms with Crippen LogP contribution in [0, 0.1) is 6.92 Å². The van der Waals surface area contributed by atoms with E-state index in [9.17, 15) is 14.4 Å². The van der Waals surface area contributed by atoms with Crippen LogP contribution >= 0.6 is 11.8 Å². The first-order valence-corrected chi connectivity index (χ1v) is 10.7. The molecule has 0 aliphatic carbocycles. The maximum absolute atomic E-state index is 12.9. The lowest BCUT2D eigenvalue weighted by atomic mass is 10.2. The van der Waals surface area contributed by atoms with Crippen LogP contribution in [0.2, 0.25) is 0 Å². The van der Waals surface area contributed by atoms with Gasteiger partial charge in [-0.15, -0.1) is 0 Å². The fourth-order valence-corrected chi connectivity index (χ4v) is 4.21. The molecule has 32 heavy (non-hydrogen) atoms. The number of aryl methyl sites for hydroxylation is 1. The molecule has 1 aliphatic heterocycles. The summed E-state index contributed by atoms with van der Waals surface area (Å²) in [6.07, 6.45) is 1.68. The number of para-hydroxylation sites is 1. The van der Waals surface area contributed by atoms with Crippen LogP contribution in [-0.2, 0) is 9.59 Å². The van der Waals surface area contributed by atoms with E-state index in [2.05, 4.69) is 5.32 Å². The zero-order chi connectivity index (χ0) is 22.7. The molecule has 7 nitrogen and oxygen atoms in total. The second kappa shape index (κ2) is 9.15. The molecule has 0 radical (unpaired) electrons. The van der Waals surface area contributed by atoms with Gasteiger partial charge in [0.1, 0.15) is 12.3 Å². The second-order valence-corrected chi connectivity index (χ2v) is 8.11. The van der Waals surface area contributed by atoms with Gasteiger partial charge in [-0.3, -0.25) is 19.3 Å². The molecule has 1 aliphatic rings. The van der Waals surface area contributed by atoms with Crippen LogP contribution in [0.15, 0.2) is 71.6 Å². The fourth-order valence-electron chi connectivity index (χ4n) is 3.39. The smallest absolute Gasteiger partial charge is 0.294 e. The van der Waals surface area contributed by atoms with Crippen molar-refractivity contribution in [2.75, 3.05) is 19.0 Å². The van der Waals surface area contributed by atoms with Gasteiger partial charge in [-0.1, -0.05) is 18.2 Å². The number of imide groups is 1. The van der Waals surface area contributed by atoms with Crippen molar-refractivity contribution in [3.05, 3.63) is 83.0 Å². The van der Waals surface area contributed by atoms with Crippen molar-refractivity contribution in [3.8, 4) is 11.4 Å². The minimum atomic E-state index is -0.483. The van der Waals surface area contributed by atoms with Crippen molar-refractivity contribution in [1.29, 1.82) is 0 Å². The van der Waals surface area contributed by atoms with E-state index in [1.165, 1.54) is 0 Å². The quantitative estimate of drug-likeness (QED) is 0.564. The van der Waals surface area contributed by atoms with Crippen molar-refractivity contribution >= 4 is 40.6 Å². The number of nitrogens with one attached hydrogen (secondary N) is 1. The first-order valence-electron chi connectivity index (χ1n) is 9.89. The van der Waals surface area contributed by atoms with E-state index in [-0.39, 0.29) is 11.4 Å². The molecule has 1 aromatic heterocycles. The van der Waals surface area contributed by atoms with Gasteiger partial charge < -0.3 is 14.6 Å². The Morgan fingerprint density at radius 2 is 1.75 bits per heavy atom. The molecule has 0 spiro atoms. The van der Waals surface area contributed by atoms with Gasteiger partial charge in [0.25, 0.3) is 11.1 Å². The molecular formula is C24H21N3O4S. The highest BCUT2D eigenvalue weighted by atomic mass is 32.2. The van der Waals surface area contributed by atoms with Crippen LogP contribution < -0.4 is 10.1 Å². The molecule has 0 atom stereocenters. The molecule has 0 saturated carbocycles. The molecule has 162 valence electrons. The van der Waals surface area contributed by atoms with E-state index in [1.807, 2.05) is 54.0 Å². The highest BCUT2D eigenvalue weighted by molar-refractivity contribution is 8.18. The largest absolute Gasteiger partial charge is 0.497 e. The average molecular weight is 448 g/mol. The number of benzene rings is 2. The van der Waals surface area contributed by atoms with Crippen LogP contribution in [0.1, 0.15) is 11.4 Å². The number of carbonyl (C=O) groups is 3. The lowest BCUT2D eigenvalue weighted by molar-refractivity contribution is -0.127. The number of aromatic nitrogens is 1. The summed E-state index contributed by atoms with van der Waals surface area (Å²) in [7, 11) is 1.61. The van der Waals surface area contributed by atoms with Gasteiger partial charge in [0.2, 0.25) is 5.91 Å². The molecule has 1 N–H and O–H groups in total. The third kappa shape index (κ3) is 4.45. The first-order chi connectivity index (χ1) is 15.5. The van der Waals surface area contributed by atoms with Crippen LogP contribution in [-0.4, -0.2) is 40.2 Å². The van der Waals surface area contributed by atoms with E-state index in [0.717, 1.165) is 39.5 Å². The Kier molecular flexibility index (Phi) is 6.13. The molecule has 2 heterocycles. The number of methoxy groups -OCH3 is 1. The van der Waals surface area contributed by atoms with Crippen molar-refractivity contribution in [1.82, 2.24) is 9.47 Å². The van der Waals surface area contributed by atoms with Crippen molar-refractivity contribution in [2.24, 2.45) is 0 Å². The minimum absolute atomic E-state index is 0.273. The van der Waals surface area contributed by atoms with E-state index < -0.39 is 17.1 Å². The predicted molar refractivity (Wildman–Crippen MR) is 125 cm³/mol. The Bertz CT molecular complexity index is 1200. The van der Waals surface area contributed by atoms with Crippen molar-refractivity contribution in [2.45, 2.75) is 6.92 Å². The number of rotatable bonds is 6. The molecule has 4 rings (SSSR count). The lowest BCUT2D eigenvalue weighted by Gasteiger charge is -2.12. The van der Waals surface area contributed by atoms with E-state index >= 15 is 0 Å². The second-order valence-electron chi connectivity index (χ2n) is 7.12. The number of hydrogen-bond acceptors (Lipinski definition) is 5. The zero-order valence-corrected chi connectivity index (χ0v) is 18.4. The number of amides is 3. The molecule has 8 heteroatoms. The van der Waals surface area contributed by atoms with E-state index in [4.69, 9.17) is 4.74 Å². The lowest BCUT2D eigenvalue weighted by Crippen LogP contribution is -2.36. The zero-order valence-electron chi connectivity index (χ0n) is 17.6. The summed E-state index contributed by atoms with van der Waals surface area (Å²) >= 11 is 0.829. The number of hydrogen-bond donors (Lipinski definition) is 1. The van der Waals surface area contributed by atoms with E-state index in [0.29, 0.717) is 5.69 Å². The third-order valence-electron chi connectivity index (χ3n) is 4.95. The monoisotopic (exact) mass is 447 g/mol. The fraction of sp³-hybridized carbons (Fsp3) is 0.125. The Balaban J connectivity index is 1.54. The Hall–Kier alpha value is -3.78. The number of nitrogens with zero attached hydrogens (tertiary/aromatic N) is 2. The first kappa shape index (κ1) is 21.5. The molecule has 2 aromatic carbocycles. The summed E-state index contributed by atoms with van der Waals surface area (Å²) in [6, 6.07) is 20.3. The van der Waals surface area contributed by atoms with Gasteiger partial charge in [0.05, 0.1) is 12.0 Å². The molecule has 1 saturated heterocycles. The van der Waals surface area contributed by atoms with Crippen LogP contribution in [0.4, 0.5) is 10.5 Å². The molecule has 3 aromatic rings. The van der Waals surface area contributed by atoms with Gasteiger partial charge in [-0.2, -0.15) is 0 Å². The Labute approximate surface area is 189 Å². The molecular weight excluding hydrogens is 426 g/mol. The SMILES string of the molecule is COc1ccc(-n2c(C)ccc2/C=C2\SC(=O)N(CC(=O)Nc3ccccc3)C2=O)cc1. The average Bonchev–Trinajstić information content (AvgIpc) is 3.28. The summed E-state index contributed by atoms with van der Waals surface area (Å²) in [5.41, 5.74) is 3.24. The standard InChI is InChI=1S/C24H21N3O4S/c1-16-8-9-19(27(16)18-10-12-20(31-2)13-11-18)14-21-23(29)26(24(30)32-21)15-22(28)25-17-6-4-3-5-7-17/h3-14H,15H2,1-2H3,(H,25,28)/b21-14-. The molecule has 3 amide bonds. The van der Waals surface area contributed by atoms with Crippen LogP contribution in [0.5, 0.6) is 5.75 Å². The van der Waals surface area contributed by atoms with Gasteiger partial charge in [0.15, 0.2) is 0 Å². The van der Waals surface area contributed by atoms with Gasteiger partial charge in [0, 0.05) is 22.8 Å². The maximum Gasteiger partial charge on any atom is 0.294 e. The number of thioether (sulfide) groups is 1. The highest BCUT2D eigenvalue weighted by Gasteiger charge is 2.36. The Morgan fingerprint density at radius 1 is 1.03 bits per heavy atom. The number of anilines is 1. The van der Waals surface area contributed by atoms with Crippen molar-refractivity contribution in [3.63, 3.8) is 0 Å². The Morgan fingerprint density at radius 3 is 2.44 bits per heavy atom. The molecule has 1 fully saturated rings. The van der Waals surface area contributed by atoms with Crippen molar-refractivity contribution < 1.29 is 19.1 Å². The molecule has 0 bridgehead atoms. The summed E-state index contributed by atoms with van der Waals surface area (Å²) in [5, 5.41) is 2.22. The molecule has 0 unspecified atom stereocenters. The maximum atomic E-state index is 12.9. The number of carbonyl (C=O) groups excluding carboxylic acids is 3. The van der Waals surface area contributed by atoms with Crippen LogP contribution in [0.25, 0.3) is 11.8 Å².